The molecule has 2 heterocycles. The van der Waals surface area contributed by atoms with Gasteiger partial charge < -0.3 is 9.73 Å². The molecule has 3 amide bonds. The quantitative estimate of drug-likeness (QED) is 0.357. The van der Waals surface area contributed by atoms with Crippen molar-refractivity contribution in [3.63, 3.8) is 0 Å². The summed E-state index contributed by atoms with van der Waals surface area (Å²) >= 11 is 16.2. The minimum atomic E-state index is -0.570. The van der Waals surface area contributed by atoms with E-state index in [1.54, 1.807) is 48.5 Å². The Morgan fingerprint density at radius 2 is 1.88 bits per heavy atom. The van der Waals surface area contributed by atoms with Crippen molar-refractivity contribution in [2.75, 3.05) is 11.9 Å². The lowest BCUT2D eigenvalue weighted by Crippen LogP contribution is -2.36. The highest BCUT2D eigenvalue weighted by Gasteiger charge is 2.36. The number of thioether (sulfide) groups is 1. The second-order valence-corrected chi connectivity index (χ2v) is 9.29. The Kier molecular flexibility index (Phi) is 6.76. The first-order valence-corrected chi connectivity index (χ1v) is 11.5. The van der Waals surface area contributed by atoms with Crippen LogP contribution in [0.15, 0.2) is 68.4 Å². The molecule has 1 aliphatic heterocycles. The van der Waals surface area contributed by atoms with E-state index in [0.29, 0.717) is 27.3 Å². The highest BCUT2D eigenvalue weighted by Crippen LogP contribution is 2.34. The lowest BCUT2D eigenvalue weighted by Gasteiger charge is -2.13. The number of anilines is 1. The number of hydrogen-bond acceptors (Lipinski definition) is 5. The van der Waals surface area contributed by atoms with Crippen molar-refractivity contribution in [2.45, 2.75) is 0 Å². The Morgan fingerprint density at radius 1 is 1.09 bits per heavy atom. The monoisotopic (exact) mass is 550 g/mol. The Hall–Kier alpha value is -2.52. The molecule has 0 atom stereocenters. The van der Waals surface area contributed by atoms with Crippen molar-refractivity contribution in [2.24, 2.45) is 0 Å². The van der Waals surface area contributed by atoms with Crippen LogP contribution in [0, 0.1) is 0 Å². The topological polar surface area (TPSA) is 79.6 Å². The number of para-hydroxylation sites is 1. The third-order valence-electron chi connectivity index (χ3n) is 4.43. The van der Waals surface area contributed by atoms with Gasteiger partial charge in [-0.2, -0.15) is 0 Å². The summed E-state index contributed by atoms with van der Waals surface area (Å²) in [6.07, 6.45) is 1.47. The number of furan rings is 1. The van der Waals surface area contributed by atoms with Crippen LogP contribution < -0.4 is 5.32 Å². The molecular weight excluding hydrogens is 539 g/mol. The first-order valence-electron chi connectivity index (χ1n) is 9.17. The van der Waals surface area contributed by atoms with E-state index in [-0.39, 0.29) is 4.91 Å². The second-order valence-electron chi connectivity index (χ2n) is 6.63. The average molecular weight is 552 g/mol. The van der Waals surface area contributed by atoms with Gasteiger partial charge in [-0.25, -0.2) is 0 Å². The number of halogens is 3. The molecular formula is C22H13BrCl2N2O4S. The molecule has 10 heteroatoms. The summed E-state index contributed by atoms with van der Waals surface area (Å²) in [7, 11) is 0. The predicted molar refractivity (Wildman–Crippen MR) is 130 cm³/mol. The van der Waals surface area contributed by atoms with Crippen LogP contribution in [0.4, 0.5) is 10.5 Å². The third kappa shape index (κ3) is 4.94. The number of benzene rings is 2. The summed E-state index contributed by atoms with van der Waals surface area (Å²) in [5.74, 6) is -0.151. The van der Waals surface area contributed by atoms with Crippen molar-refractivity contribution in [3.8, 4) is 11.3 Å². The van der Waals surface area contributed by atoms with Crippen LogP contribution in [0.1, 0.15) is 5.76 Å². The number of carbonyl (C=O) groups excluding carboxylic acids is 3. The van der Waals surface area contributed by atoms with E-state index >= 15 is 0 Å². The lowest BCUT2D eigenvalue weighted by atomic mass is 10.2. The van der Waals surface area contributed by atoms with Gasteiger partial charge in [0, 0.05) is 16.1 Å². The second kappa shape index (κ2) is 9.54. The van der Waals surface area contributed by atoms with E-state index in [0.717, 1.165) is 26.7 Å². The summed E-state index contributed by atoms with van der Waals surface area (Å²) in [6, 6.07) is 15.5. The summed E-state index contributed by atoms with van der Waals surface area (Å²) in [5, 5.41) is 2.95. The van der Waals surface area contributed by atoms with Crippen LogP contribution in [0.3, 0.4) is 0 Å². The van der Waals surface area contributed by atoms with Crippen LogP contribution >= 0.6 is 50.9 Å². The Labute approximate surface area is 205 Å². The SMILES string of the molecule is O=C(CN1C(=O)S/C(=C/c2ccc(-c3ccc(Br)c(Cl)c3)o2)C1=O)Nc1ccccc1Cl. The molecule has 1 aromatic heterocycles. The molecule has 1 N–H and O–H groups in total. The van der Waals surface area contributed by atoms with E-state index in [1.165, 1.54) is 6.08 Å². The number of nitrogens with one attached hydrogen (secondary N) is 1. The molecule has 3 aromatic rings. The van der Waals surface area contributed by atoms with Gasteiger partial charge in [-0.1, -0.05) is 41.4 Å². The minimum absolute atomic E-state index is 0.162. The molecule has 0 saturated carbocycles. The van der Waals surface area contributed by atoms with Gasteiger partial charge in [0.1, 0.15) is 18.1 Å². The van der Waals surface area contributed by atoms with Crippen molar-refractivity contribution in [3.05, 3.63) is 79.8 Å². The van der Waals surface area contributed by atoms with E-state index in [9.17, 15) is 14.4 Å². The normalized spacial score (nSPS) is 15.0. The maximum atomic E-state index is 12.7. The van der Waals surface area contributed by atoms with Crippen LogP contribution in [0.5, 0.6) is 0 Å². The molecule has 2 aromatic carbocycles. The summed E-state index contributed by atoms with van der Waals surface area (Å²) in [5.41, 5.74) is 1.17. The number of carbonyl (C=O) groups is 3. The van der Waals surface area contributed by atoms with Crippen molar-refractivity contribution in [1.82, 2.24) is 4.90 Å². The Morgan fingerprint density at radius 3 is 2.62 bits per heavy atom. The zero-order valence-corrected chi connectivity index (χ0v) is 20.0. The number of imide groups is 1. The van der Waals surface area contributed by atoms with Gasteiger partial charge in [-0.3, -0.25) is 19.3 Å². The van der Waals surface area contributed by atoms with E-state index in [2.05, 4.69) is 21.2 Å². The molecule has 0 aliphatic carbocycles. The van der Waals surface area contributed by atoms with Gasteiger partial charge in [0.25, 0.3) is 11.1 Å². The van der Waals surface area contributed by atoms with E-state index in [4.69, 9.17) is 27.6 Å². The molecule has 32 heavy (non-hydrogen) atoms. The maximum absolute atomic E-state index is 12.7. The number of rotatable bonds is 5. The van der Waals surface area contributed by atoms with Gasteiger partial charge in [0.2, 0.25) is 5.91 Å². The van der Waals surface area contributed by atoms with Crippen molar-refractivity contribution < 1.29 is 18.8 Å². The fourth-order valence-corrected chi connectivity index (χ4v) is 4.32. The molecule has 0 spiro atoms. The van der Waals surface area contributed by atoms with Gasteiger partial charge in [0.05, 0.1) is 20.6 Å². The summed E-state index contributed by atoms with van der Waals surface area (Å²) in [6.45, 7) is -0.423. The van der Waals surface area contributed by atoms with Crippen molar-refractivity contribution >= 4 is 79.7 Å². The molecule has 1 fully saturated rings. The number of hydrogen-bond donors (Lipinski definition) is 1. The van der Waals surface area contributed by atoms with Crippen LogP contribution in [-0.4, -0.2) is 28.5 Å². The Balaban J connectivity index is 1.46. The molecule has 0 unspecified atom stereocenters. The number of nitrogens with zero attached hydrogens (tertiary/aromatic N) is 1. The molecule has 0 radical (unpaired) electrons. The summed E-state index contributed by atoms with van der Waals surface area (Å²) < 4.78 is 6.54. The fraction of sp³-hybridized carbons (Fsp3) is 0.0455. The van der Waals surface area contributed by atoms with Gasteiger partial charge in [-0.15, -0.1) is 0 Å². The van der Waals surface area contributed by atoms with E-state index < -0.39 is 23.6 Å². The van der Waals surface area contributed by atoms with Gasteiger partial charge in [0.15, 0.2) is 0 Å². The zero-order chi connectivity index (χ0) is 22.8. The van der Waals surface area contributed by atoms with Crippen molar-refractivity contribution in [1.29, 1.82) is 0 Å². The predicted octanol–water partition coefficient (Wildman–Crippen LogP) is 6.69. The van der Waals surface area contributed by atoms with Gasteiger partial charge in [-0.05, 0) is 64.1 Å². The van der Waals surface area contributed by atoms with Gasteiger partial charge >= 0.3 is 0 Å². The standard InChI is InChI=1S/C22H13BrCl2N2O4S/c23-14-7-5-12(9-16(14)25)18-8-6-13(31-18)10-19-21(29)27(22(30)32-19)11-20(28)26-17-4-2-1-3-15(17)24/h1-10H,11H2,(H,26,28)/b19-10+. The first-order chi connectivity index (χ1) is 15.3. The molecule has 4 rings (SSSR count). The molecule has 1 saturated heterocycles. The third-order valence-corrected chi connectivity index (χ3v) is 6.90. The highest BCUT2D eigenvalue weighted by atomic mass is 79.9. The first kappa shape index (κ1) is 22.7. The highest BCUT2D eigenvalue weighted by molar-refractivity contribution is 9.10. The van der Waals surface area contributed by atoms with Crippen LogP contribution in [0.25, 0.3) is 17.4 Å². The molecule has 0 bridgehead atoms. The van der Waals surface area contributed by atoms with E-state index in [1.807, 2.05) is 6.07 Å². The lowest BCUT2D eigenvalue weighted by molar-refractivity contribution is -0.127. The van der Waals surface area contributed by atoms with Crippen LogP contribution in [0.2, 0.25) is 10.0 Å². The smallest absolute Gasteiger partial charge is 0.294 e. The van der Waals surface area contributed by atoms with Crippen LogP contribution in [-0.2, 0) is 9.59 Å². The molecule has 6 nitrogen and oxygen atoms in total. The zero-order valence-electron chi connectivity index (χ0n) is 16.1. The fourth-order valence-electron chi connectivity index (χ4n) is 2.90. The minimum Gasteiger partial charge on any atom is -0.457 e. The largest absolute Gasteiger partial charge is 0.457 e. The molecule has 162 valence electrons. The average Bonchev–Trinajstić information content (AvgIpc) is 3.32. The number of amides is 3. The summed E-state index contributed by atoms with van der Waals surface area (Å²) in [4.78, 5) is 38.3. The Bertz CT molecular complexity index is 1270. The molecule has 1 aliphatic rings. The maximum Gasteiger partial charge on any atom is 0.294 e.